The molecule has 2 aromatic heterocycles. The van der Waals surface area contributed by atoms with Crippen LogP contribution in [0.5, 0.6) is 5.75 Å². The predicted octanol–water partition coefficient (Wildman–Crippen LogP) is 4.19. The summed E-state index contributed by atoms with van der Waals surface area (Å²) in [5.41, 5.74) is 11.4. The molecule has 4 aromatic rings. The summed E-state index contributed by atoms with van der Waals surface area (Å²) in [6.07, 6.45) is 9.37. The molecule has 1 fully saturated rings. The highest BCUT2D eigenvalue weighted by atomic mass is 32.2. The Bertz CT molecular complexity index is 1740. The van der Waals surface area contributed by atoms with Gasteiger partial charge in [-0.05, 0) is 43.5 Å². The van der Waals surface area contributed by atoms with Crippen LogP contribution in [0.25, 0.3) is 17.1 Å². The average Bonchev–Trinajstić information content (AvgIpc) is 2.97. The number of ether oxygens (including phenoxy) is 1. The van der Waals surface area contributed by atoms with E-state index in [9.17, 15) is 8.42 Å². The highest BCUT2D eigenvalue weighted by molar-refractivity contribution is 7.92. The molecule has 0 radical (unpaired) electrons. The molecule has 1 aliphatic rings. The first-order chi connectivity index (χ1) is 20.1. The molecule has 0 saturated carbocycles. The lowest BCUT2D eigenvalue weighted by Gasteiger charge is -2.33. The predicted molar refractivity (Wildman–Crippen MR) is 169 cm³/mol. The molecule has 0 atom stereocenters. The number of aryl methyl sites for hydroxylation is 1. The van der Waals surface area contributed by atoms with Crippen molar-refractivity contribution in [3.63, 3.8) is 0 Å². The van der Waals surface area contributed by atoms with Crippen LogP contribution in [0.3, 0.4) is 0 Å². The highest BCUT2D eigenvalue weighted by Gasteiger charge is 2.23. The third kappa shape index (κ3) is 5.92. The van der Waals surface area contributed by atoms with Gasteiger partial charge in [0.2, 0.25) is 16.0 Å². The standard InChI is InChI=1S/C29H35N9O3S/c1-6-19-17-33-29(35-23-15-18(2)24(16-25(23)41-4)38-13-9-20(30)10-14-38)36-28(19)34-22-8-7-21-26(32-12-11-31-21)27(22)37(3)42(5,39)40/h6-8,11-12,15-17,20H,1,9-10,13-14,30H2,2-5H3,(H2,33,34,35,36). The molecule has 3 heterocycles. The second-order valence-electron chi connectivity index (χ2n) is 10.2. The van der Waals surface area contributed by atoms with E-state index in [0.717, 1.165) is 43.4 Å². The normalized spacial score (nSPS) is 14.1. The first kappa shape index (κ1) is 29.0. The number of nitrogens with zero attached hydrogens (tertiary/aromatic N) is 6. The summed E-state index contributed by atoms with van der Waals surface area (Å²) in [5.74, 6) is 1.39. The average molecular weight is 590 g/mol. The lowest BCUT2D eigenvalue weighted by atomic mass is 10.0. The minimum Gasteiger partial charge on any atom is -0.494 e. The van der Waals surface area contributed by atoms with E-state index in [-0.39, 0.29) is 6.04 Å². The Labute approximate surface area is 245 Å². The van der Waals surface area contributed by atoms with Crippen LogP contribution in [0.15, 0.2) is 49.4 Å². The summed E-state index contributed by atoms with van der Waals surface area (Å²) in [6.45, 7) is 7.75. The lowest BCUT2D eigenvalue weighted by molar-refractivity contribution is 0.416. The van der Waals surface area contributed by atoms with E-state index >= 15 is 0 Å². The molecule has 5 rings (SSSR count). The molecular formula is C29H35N9O3S. The van der Waals surface area contributed by atoms with Gasteiger partial charge < -0.3 is 26.0 Å². The summed E-state index contributed by atoms with van der Waals surface area (Å²) in [6, 6.07) is 7.79. The van der Waals surface area contributed by atoms with Crippen LogP contribution in [0.4, 0.5) is 34.5 Å². The zero-order valence-electron chi connectivity index (χ0n) is 24.1. The molecular weight excluding hydrogens is 554 g/mol. The number of sulfonamides is 1. The number of rotatable bonds is 9. The van der Waals surface area contributed by atoms with Gasteiger partial charge in [-0.2, -0.15) is 4.98 Å². The zero-order chi connectivity index (χ0) is 30.0. The Morgan fingerprint density at radius 3 is 2.55 bits per heavy atom. The molecule has 0 spiro atoms. The molecule has 0 unspecified atom stereocenters. The van der Waals surface area contributed by atoms with Gasteiger partial charge in [-0.15, -0.1) is 0 Å². The van der Waals surface area contributed by atoms with E-state index in [1.54, 1.807) is 37.7 Å². The molecule has 42 heavy (non-hydrogen) atoms. The fourth-order valence-corrected chi connectivity index (χ4v) is 5.50. The largest absolute Gasteiger partial charge is 0.494 e. The summed E-state index contributed by atoms with van der Waals surface area (Å²) in [7, 11) is -0.514. The van der Waals surface area contributed by atoms with Gasteiger partial charge in [-0.3, -0.25) is 14.3 Å². The van der Waals surface area contributed by atoms with Crippen molar-refractivity contribution in [2.45, 2.75) is 25.8 Å². The van der Waals surface area contributed by atoms with Gasteiger partial charge >= 0.3 is 0 Å². The van der Waals surface area contributed by atoms with Crippen LogP contribution < -0.4 is 30.3 Å². The summed E-state index contributed by atoms with van der Waals surface area (Å²) < 4.78 is 32.0. The van der Waals surface area contributed by atoms with Crippen molar-refractivity contribution in [1.29, 1.82) is 0 Å². The highest BCUT2D eigenvalue weighted by Crippen LogP contribution is 2.38. The number of anilines is 6. The molecule has 12 nitrogen and oxygen atoms in total. The molecule has 0 aliphatic carbocycles. The molecule has 0 amide bonds. The number of hydrogen-bond donors (Lipinski definition) is 3. The maximum absolute atomic E-state index is 12.6. The van der Waals surface area contributed by atoms with Crippen molar-refractivity contribution >= 4 is 61.6 Å². The number of aromatic nitrogens is 4. The van der Waals surface area contributed by atoms with Crippen molar-refractivity contribution < 1.29 is 13.2 Å². The van der Waals surface area contributed by atoms with Crippen LogP contribution in [-0.2, 0) is 10.0 Å². The van der Waals surface area contributed by atoms with Crippen LogP contribution in [0, 0.1) is 6.92 Å². The molecule has 4 N–H and O–H groups in total. The summed E-state index contributed by atoms with van der Waals surface area (Å²) >= 11 is 0. The Kier molecular flexibility index (Phi) is 8.14. The number of nitrogens with one attached hydrogen (secondary N) is 2. The van der Waals surface area contributed by atoms with Crippen molar-refractivity contribution in [2.24, 2.45) is 5.73 Å². The smallest absolute Gasteiger partial charge is 0.232 e. The Hall–Kier alpha value is -4.49. The quantitative estimate of drug-likeness (QED) is 0.258. The first-order valence-corrected chi connectivity index (χ1v) is 15.3. The topological polar surface area (TPSA) is 151 Å². The van der Waals surface area contributed by atoms with Gasteiger partial charge in [0, 0.05) is 62.1 Å². The number of fused-ring (bicyclic) bond motifs is 1. The number of piperidine rings is 1. The molecule has 220 valence electrons. The number of hydrogen-bond acceptors (Lipinski definition) is 11. The van der Waals surface area contributed by atoms with Gasteiger partial charge in [-0.1, -0.05) is 12.7 Å². The van der Waals surface area contributed by atoms with E-state index in [1.165, 1.54) is 17.5 Å². The third-order valence-corrected chi connectivity index (χ3v) is 8.54. The second kappa shape index (κ2) is 11.8. The van der Waals surface area contributed by atoms with Crippen LogP contribution >= 0.6 is 0 Å². The van der Waals surface area contributed by atoms with E-state index in [4.69, 9.17) is 15.5 Å². The first-order valence-electron chi connectivity index (χ1n) is 13.5. The fraction of sp³-hybridized carbons (Fsp3) is 0.310. The van der Waals surface area contributed by atoms with Gasteiger partial charge in [0.1, 0.15) is 22.8 Å². The van der Waals surface area contributed by atoms with Crippen LogP contribution in [0.1, 0.15) is 24.0 Å². The molecule has 2 aromatic carbocycles. The molecule has 13 heteroatoms. The monoisotopic (exact) mass is 589 g/mol. The summed E-state index contributed by atoms with van der Waals surface area (Å²) in [4.78, 5) is 20.3. The number of benzene rings is 2. The fourth-order valence-electron chi connectivity index (χ4n) is 4.98. The maximum Gasteiger partial charge on any atom is 0.232 e. The van der Waals surface area contributed by atoms with Crippen molar-refractivity contribution in [1.82, 2.24) is 19.9 Å². The van der Waals surface area contributed by atoms with E-state index in [2.05, 4.69) is 44.0 Å². The van der Waals surface area contributed by atoms with Gasteiger partial charge in [0.15, 0.2) is 0 Å². The Balaban J connectivity index is 1.50. The van der Waals surface area contributed by atoms with Gasteiger partial charge in [0.05, 0.1) is 30.3 Å². The van der Waals surface area contributed by atoms with E-state index in [0.29, 0.717) is 51.2 Å². The molecule has 1 aliphatic heterocycles. The van der Waals surface area contributed by atoms with Gasteiger partial charge in [0.25, 0.3) is 0 Å². The second-order valence-corrected chi connectivity index (χ2v) is 12.2. The number of methoxy groups -OCH3 is 1. The summed E-state index contributed by atoms with van der Waals surface area (Å²) in [5, 5.41) is 6.56. The van der Waals surface area contributed by atoms with Crippen molar-refractivity contribution in [3.8, 4) is 5.75 Å². The van der Waals surface area contributed by atoms with Crippen LogP contribution in [0.2, 0.25) is 0 Å². The SMILES string of the molecule is C=Cc1cnc(Nc2cc(C)c(N3CCC(N)CC3)cc2OC)nc1Nc1ccc2nccnc2c1N(C)S(C)(=O)=O. The zero-order valence-corrected chi connectivity index (χ0v) is 24.9. The number of nitrogens with two attached hydrogens (primary N) is 1. The maximum atomic E-state index is 12.6. The van der Waals surface area contributed by atoms with Crippen molar-refractivity contribution in [3.05, 3.63) is 60.6 Å². The minimum atomic E-state index is -3.62. The van der Waals surface area contributed by atoms with Gasteiger partial charge in [-0.25, -0.2) is 13.4 Å². The molecule has 0 bridgehead atoms. The van der Waals surface area contributed by atoms with E-state index < -0.39 is 10.0 Å². The van der Waals surface area contributed by atoms with Crippen LogP contribution in [-0.4, -0.2) is 67.9 Å². The molecule has 1 saturated heterocycles. The Morgan fingerprint density at radius 1 is 1.12 bits per heavy atom. The Morgan fingerprint density at radius 2 is 1.86 bits per heavy atom. The van der Waals surface area contributed by atoms with Crippen molar-refractivity contribution in [2.75, 3.05) is 53.3 Å². The third-order valence-electron chi connectivity index (χ3n) is 7.36. The minimum absolute atomic E-state index is 0.244. The lowest BCUT2D eigenvalue weighted by Crippen LogP contribution is -2.40. The van der Waals surface area contributed by atoms with E-state index in [1.807, 2.05) is 12.1 Å².